The van der Waals surface area contributed by atoms with Crippen LogP contribution >= 0.6 is 0 Å². The molecular weight excluding hydrogens is 129 g/mol. The predicted octanol–water partition coefficient (Wildman–Crippen LogP) is -4.02. The maximum atomic E-state index is 8.39. The monoisotopic (exact) mass is 146 g/mol. The van der Waals surface area contributed by atoms with Gasteiger partial charge < -0.3 is 16.5 Å². The van der Waals surface area contributed by atoms with Crippen molar-refractivity contribution in [1.29, 1.82) is 0 Å². The fourth-order valence-corrected chi connectivity index (χ4v) is 0.300. The molecule has 0 fully saturated rings. The van der Waals surface area contributed by atoms with Crippen LogP contribution in [-0.2, 0) is 0 Å². The third-order valence-electron chi connectivity index (χ3n) is 0.771. The van der Waals surface area contributed by atoms with E-state index in [1.807, 2.05) is 0 Å². The average molecular weight is 146 g/mol. The van der Waals surface area contributed by atoms with E-state index < -0.39 is 0 Å². The van der Waals surface area contributed by atoms with Crippen molar-refractivity contribution in [3.8, 4) is 0 Å². The van der Waals surface area contributed by atoms with Crippen LogP contribution in [-0.4, -0.2) is 49.4 Å². The van der Waals surface area contributed by atoms with Gasteiger partial charge in [0.1, 0.15) is 6.54 Å². The number of rotatable bonds is 2. The van der Waals surface area contributed by atoms with Gasteiger partial charge in [-0.15, -0.1) is 0 Å². The fourth-order valence-electron chi connectivity index (χ4n) is 0.300. The van der Waals surface area contributed by atoms with E-state index in [9.17, 15) is 0 Å². The number of quaternary nitrogens is 1. The van der Waals surface area contributed by atoms with Crippen molar-refractivity contribution in [2.45, 2.75) is 0 Å². The number of aliphatic hydroxyl groups excluding tert-OH is 1. The molecule has 0 rings (SSSR count). The first-order valence-corrected chi connectivity index (χ1v) is 2.47. The second-order valence-corrected chi connectivity index (χ2v) is 2.74. The third-order valence-corrected chi connectivity index (χ3v) is 0.771. The van der Waals surface area contributed by atoms with Gasteiger partial charge in [-0.2, -0.15) is 0 Å². The van der Waals surface area contributed by atoms with E-state index in [0.717, 1.165) is 11.0 Å². The zero-order valence-corrected chi connectivity index (χ0v) is 8.81. The van der Waals surface area contributed by atoms with Crippen molar-refractivity contribution < 1.29 is 46.0 Å². The van der Waals surface area contributed by atoms with E-state index >= 15 is 0 Å². The molecule has 0 atom stereocenters. The molecule has 0 heterocycles. The fraction of sp³-hybridized carbons (Fsp3) is 1.00. The molecule has 9 heavy (non-hydrogen) atoms. The average Bonchev–Trinajstić information content (AvgIpc) is 1.30. The Bertz CT molecular complexity index is 58.1. The van der Waals surface area contributed by atoms with Crippen LogP contribution in [0.25, 0.3) is 0 Å². The van der Waals surface area contributed by atoms with Crippen molar-refractivity contribution in [3.05, 3.63) is 0 Å². The Kier molecular flexibility index (Phi) is 12.8. The van der Waals surface area contributed by atoms with Crippen LogP contribution in [0.1, 0.15) is 1.43 Å². The molecule has 0 bridgehead atoms. The van der Waals surface area contributed by atoms with Crippen LogP contribution in [0.4, 0.5) is 0 Å². The molecule has 4 heteroatoms. The molecule has 0 radical (unpaired) electrons. The van der Waals surface area contributed by atoms with Gasteiger partial charge in [-0.3, -0.25) is 0 Å². The molecule has 0 saturated heterocycles. The number of nitrogens with zero attached hydrogens (tertiary/aromatic N) is 1. The first-order valence-electron chi connectivity index (χ1n) is 2.47. The molecule has 0 aromatic rings. The van der Waals surface area contributed by atoms with E-state index in [1.54, 1.807) is 0 Å². The molecule has 3 N–H and O–H groups in total. The maximum Gasteiger partial charge on any atom is 1.00 e. The Morgan fingerprint density at radius 2 is 1.67 bits per heavy atom. The minimum atomic E-state index is 0. The molecule has 54 valence electrons. The summed E-state index contributed by atoms with van der Waals surface area (Å²) in [5.41, 5.74) is 0. The van der Waals surface area contributed by atoms with Crippen LogP contribution in [0, 0.1) is 0 Å². The summed E-state index contributed by atoms with van der Waals surface area (Å²) in [7, 11) is 6.16. The van der Waals surface area contributed by atoms with Gasteiger partial charge in [0, 0.05) is 0 Å². The molecule has 0 aliphatic carbocycles. The summed E-state index contributed by atoms with van der Waals surface area (Å²) < 4.78 is 0.844. The zero-order chi connectivity index (χ0) is 5.91. The van der Waals surface area contributed by atoms with Crippen molar-refractivity contribution >= 4 is 0 Å². The van der Waals surface area contributed by atoms with Gasteiger partial charge in [0.15, 0.2) is 0 Å². The van der Waals surface area contributed by atoms with Crippen molar-refractivity contribution in [2.75, 3.05) is 34.3 Å². The predicted molar refractivity (Wildman–Crippen MR) is 34.7 cm³/mol. The summed E-state index contributed by atoms with van der Waals surface area (Å²) >= 11 is 0. The molecule has 3 nitrogen and oxygen atoms in total. The molecule has 0 spiro atoms. The Morgan fingerprint density at radius 1 is 1.33 bits per heavy atom. The van der Waals surface area contributed by atoms with Gasteiger partial charge in [-0.25, -0.2) is 0 Å². The molecule has 0 aromatic carbocycles. The zero-order valence-electron chi connectivity index (χ0n) is 7.81. The van der Waals surface area contributed by atoms with Gasteiger partial charge in [-0.05, 0) is 0 Å². The number of likely N-dealkylation sites (N-methyl/N-ethyl adjacent to an activating group) is 1. The van der Waals surface area contributed by atoms with E-state index in [1.165, 1.54) is 0 Å². The second kappa shape index (κ2) is 6.99. The van der Waals surface area contributed by atoms with Crippen LogP contribution in [0.2, 0.25) is 0 Å². The largest absolute Gasteiger partial charge is 1.00 e. The van der Waals surface area contributed by atoms with Gasteiger partial charge in [0.05, 0.1) is 27.7 Å². The number of hydrogen-bond donors (Lipinski definition) is 1. The number of hydrogen-bond acceptors (Lipinski definition) is 1. The smallest absolute Gasteiger partial charge is 1.00 e. The molecule has 0 unspecified atom stereocenters. The minimum Gasteiger partial charge on any atom is -1.00 e. The summed E-state index contributed by atoms with van der Waals surface area (Å²) in [5, 5.41) is 8.39. The van der Waals surface area contributed by atoms with Crippen LogP contribution < -0.4 is 29.6 Å². The van der Waals surface area contributed by atoms with Crippen molar-refractivity contribution in [2.24, 2.45) is 0 Å². The van der Waals surface area contributed by atoms with Gasteiger partial charge in [-0.1, -0.05) is 0 Å². The van der Waals surface area contributed by atoms with Crippen molar-refractivity contribution in [3.63, 3.8) is 0 Å². The quantitative estimate of drug-likeness (QED) is 0.313. The van der Waals surface area contributed by atoms with Crippen LogP contribution in [0.5, 0.6) is 0 Å². The molecule has 0 aliphatic rings. The molecule has 0 aromatic heterocycles. The SMILES string of the molecule is C[N+](C)(C)CCO.O.[H-].[Na+]. The topological polar surface area (TPSA) is 51.7 Å². The molecule has 0 aliphatic heterocycles. The van der Waals surface area contributed by atoms with E-state index in [0.29, 0.717) is 0 Å². The van der Waals surface area contributed by atoms with Gasteiger partial charge >= 0.3 is 29.6 Å². The van der Waals surface area contributed by atoms with E-state index in [4.69, 9.17) is 5.11 Å². The Morgan fingerprint density at radius 3 is 1.67 bits per heavy atom. The summed E-state index contributed by atoms with van der Waals surface area (Å²) in [4.78, 5) is 0. The Balaban J connectivity index is -0.0000000600. The summed E-state index contributed by atoms with van der Waals surface area (Å²) in [6.07, 6.45) is 0. The standard InChI is InChI=1S/C5H14NO.Na.H2O.H/c1-6(2,3)4-5-7;;;/h7H,4-5H2,1-3H3;;1H2;/q2*+1;;-1. The van der Waals surface area contributed by atoms with Crippen LogP contribution in [0.15, 0.2) is 0 Å². The summed E-state index contributed by atoms with van der Waals surface area (Å²) in [5.74, 6) is 0. The Labute approximate surface area is 80.3 Å². The second-order valence-electron chi connectivity index (χ2n) is 2.74. The van der Waals surface area contributed by atoms with E-state index in [-0.39, 0.29) is 43.1 Å². The summed E-state index contributed by atoms with van der Waals surface area (Å²) in [6.45, 7) is 1.11. The first-order chi connectivity index (χ1) is 3.06. The summed E-state index contributed by atoms with van der Waals surface area (Å²) in [6, 6.07) is 0. The van der Waals surface area contributed by atoms with Gasteiger partial charge in [0.25, 0.3) is 0 Å². The third kappa shape index (κ3) is 17.7. The molecule has 0 amide bonds. The minimum absolute atomic E-state index is 0. The normalized spacial score (nSPS) is 9.33. The molecule has 0 saturated carbocycles. The van der Waals surface area contributed by atoms with E-state index in [2.05, 4.69) is 21.1 Å². The van der Waals surface area contributed by atoms with Crippen LogP contribution in [0.3, 0.4) is 0 Å². The van der Waals surface area contributed by atoms with Crippen molar-refractivity contribution in [1.82, 2.24) is 0 Å². The number of aliphatic hydroxyl groups is 1. The maximum absolute atomic E-state index is 8.39. The molecular formula is C5H17NNaO2+. The Hall–Kier alpha value is 0.880. The first kappa shape index (κ1) is 16.5. The van der Waals surface area contributed by atoms with Gasteiger partial charge in [0.2, 0.25) is 0 Å².